The molecule has 0 amide bonds. The predicted molar refractivity (Wildman–Crippen MR) is 70.9 cm³/mol. The van der Waals surface area contributed by atoms with E-state index < -0.39 is 17.7 Å². The van der Waals surface area contributed by atoms with Crippen LogP contribution in [0.4, 0.5) is 8.78 Å². The highest BCUT2D eigenvalue weighted by molar-refractivity contribution is 5.33. The molecule has 3 heteroatoms. The smallest absolute Gasteiger partial charge is 0.132 e. The normalized spacial score (nSPS) is 12.4. The van der Waals surface area contributed by atoms with Crippen LogP contribution in [0, 0.1) is 11.6 Å². The van der Waals surface area contributed by atoms with E-state index in [-0.39, 0.29) is 5.56 Å². The Morgan fingerprint density at radius 1 is 1.11 bits per heavy atom. The maximum atomic E-state index is 13.6. The van der Waals surface area contributed by atoms with Crippen molar-refractivity contribution in [3.63, 3.8) is 0 Å². The average molecular weight is 262 g/mol. The summed E-state index contributed by atoms with van der Waals surface area (Å²) in [6.45, 7) is 2.07. The highest BCUT2D eigenvalue weighted by atomic mass is 19.1. The van der Waals surface area contributed by atoms with E-state index in [4.69, 9.17) is 0 Å². The van der Waals surface area contributed by atoms with Crippen LogP contribution in [0.5, 0.6) is 0 Å². The van der Waals surface area contributed by atoms with Gasteiger partial charge >= 0.3 is 0 Å². The summed E-state index contributed by atoms with van der Waals surface area (Å²) in [6.07, 6.45) is 0.842. The van der Waals surface area contributed by atoms with Gasteiger partial charge in [-0.2, -0.15) is 0 Å². The Bertz CT molecular complexity index is 566. The lowest BCUT2D eigenvalue weighted by atomic mass is 9.98. The Hall–Kier alpha value is -1.74. The topological polar surface area (TPSA) is 20.2 Å². The van der Waals surface area contributed by atoms with Gasteiger partial charge in [-0.15, -0.1) is 0 Å². The average Bonchev–Trinajstić information content (AvgIpc) is 2.39. The maximum absolute atomic E-state index is 13.6. The van der Waals surface area contributed by atoms with Gasteiger partial charge in [0.2, 0.25) is 0 Å². The van der Waals surface area contributed by atoms with Crippen LogP contribution >= 0.6 is 0 Å². The molecule has 19 heavy (non-hydrogen) atoms. The molecule has 2 rings (SSSR count). The minimum atomic E-state index is -1.07. The summed E-state index contributed by atoms with van der Waals surface area (Å²) in [5.74, 6) is -1.37. The van der Waals surface area contributed by atoms with Gasteiger partial charge in [-0.05, 0) is 23.6 Å². The number of aryl methyl sites for hydroxylation is 1. The van der Waals surface area contributed by atoms with Crippen molar-refractivity contribution >= 4 is 0 Å². The molecule has 0 fully saturated rings. The van der Waals surface area contributed by atoms with Crippen LogP contribution in [0.1, 0.15) is 36.1 Å². The third-order valence-corrected chi connectivity index (χ3v) is 3.06. The number of rotatable bonds is 4. The molecular formula is C16H16F2O. The van der Waals surface area contributed by atoms with Gasteiger partial charge in [0.1, 0.15) is 17.7 Å². The van der Waals surface area contributed by atoms with Crippen LogP contribution in [0.25, 0.3) is 0 Å². The Morgan fingerprint density at radius 2 is 1.89 bits per heavy atom. The molecular weight excluding hydrogens is 246 g/mol. The standard InChI is InChI=1S/C16H16F2O/c1-2-4-11-5-3-6-12(9-11)16(19)14-8-7-13(17)10-15(14)18/h3,5-10,16,19H,2,4H2,1H3. The van der Waals surface area contributed by atoms with E-state index in [2.05, 4.69) is 6.92 Å². The second-order valence-corrected chi connectivity index (χ2v) is 4.56. The SMILES string of the molecule is CCCc1cccc(C(O)c2ccc(F)cc2F)c1. The van der Waals surface area contributed by atoms with Gasteiger partial charge in [0, 0.05) is 11.6 Å². The fourth-order valence-corrected chi connectivity index (χ4v) is 2.11. The molecule has 0 aliphatic heterocycles. The minimum absolute atomic E-state index is 0.0926. The van der Waals surface area contributed by atoms with Crippen LogP contribution in [0.2, 0.25) is 0 Å². The molecule has 1 nitrogen and oxygen atoms in total. The minimum Gasteiger partial charge on any atom is -0.384 e. The number of hydrogen-bond acceptors (Lipinski definition) is 1. The van der Waals surface area contributed by atoms with E-state index in [0.717, 1.165) is 30.5 Å². The van der Waals surface area contributed by atoms with Crippen LogP contribution in [0.15, 0.2) is 42.5 Å². The Balaban J connectivity index is 2.32. The summed E-state index contributed by atoms with van der Waals surface area (Å²) in [5.41, 5.74) is 1.81. The molecule has 0 aromatic heterocycles. The van der Waals surface area contributed by atoms with E-state index in [1.807, 2.05) is 18.2 Å². The Morgan fingerprint density at radius 3 is 2.58 bits per heavy atom. The molecule has 0 heterocycles. The van der Waals surface area contributed by atoms with Crippen LogP contribution in [-0.4, -0.2) is 5.11 Å². The summed E-state index contributed by atoms with van der Waals surface area (Å²) < 4.78 is 26.5. The van der Waals surface area contributed by atoms with Gasteiger partial charge in [0.05, 0.1) is 0 Å². The first-order valence-corrected chi connectivity index (χ1v) is 6.33. The molecule has 0 saturated carbocycles. The molecule has 0 bridgehead atoms. The summed E-state index contributed by atoms with van der Waals surface area (Å²) >= 11 is 0. The third kappa shape index (κ3) is 3.18. The van der Waals surface area contributed by atoms with Crippen molar-refractivity contribution in [3.05, 3.63) is 70.8 Å². The van der Waals surface area contributed by atoms with E-state index >= 15 is 0 Å². The molecule has 0 spiro atoms. The number of halogens is 2. The zero-order chi connectivity index (χ0) is 13.8. The van der Waals surface area contributed by atoms with Gasteiger partial charge < -0.3 is 5.11 Å². The summed E-state index contributed by atoms with van der Waals surface area (Å²) in [7, 11) is 0. The highest BCUT2D eigenvalue weighted by Crippen LogP contribution is 2.25. The van der Waals surface area contributed by atoms with Crippen molar-refractivity contribution in [1.82, 2.24) is 0 Å². The van der Waals surface area contributed by atoms with Gasteiger partial charge in [-0.3, -0.25) is 0 Å². The molecule has 0 saturated heterocycles. The quantitative estimate of drug-likeness (QED) is 0.883. The largest absolute Gasteiger partial charge is 0.384 e. The first kappa shape index (κ1) is 13.7. The lowest BCUT2D eigenvalue weighted by molar-refractivity contribution is 0.214. The first-order chi connectivity index (χ1) is 9.11. The van der Waals surface area contributed by atoms with Gasteiger partial charge in [-0.25, -0.2) is 8.78 Å². The second-order valence-electron chi connectivity index (χ2n) is 4.56. The molecule has 1 unspecified atom stereocenters. The van der Waals surface area contributed by atoms with Crippen LogP contribution in [-0.2, 0) is 6.42 Å². The number of aliphatic hydroxyl groups excluding tert-OH is 1. The second kappa shape index (κ2) is 5.93. The van der Waals surface area contributed by atoms with Crippen molar-refractivity contribution in [3.8, 4) is 0 Å². The summed E-state index contributed by atoms with van der Waals surface area (Å²) in [4.78, 5) is 0. The Kier molecular flexibility index (Phi) is 4.27. The number of benzene rings is 2. The maximum Gasteiger partial charge on any atom is 0.132 e. The number of aliphatic hydroxyl groups is 1. The molecule has 2 aromatic rings. The highest BCUT2D eigenvalue weighted by Gasteiger charge is 2.15. The Labute approximate surface area is 111 Å². The van der Waals surface area contributed by atoms with Gasteiger partial charge in [0.25, 0.3) is 0 Å². The van der Waals surface area contributed by atoms with Crippen LogP contribution < -0.4 is 0 Å². The fraction of sp³-hybridized carbons (Fsp3) is 0.250. The molecule has 0 radical (unpaired) electrons. The summed E-state index contributed by atoms with van der Waals surface area (Å²) in [5, 5.41) is 10.2. The van der Waals surface area contributed by atoms with E-state index in [0.29, 0.717) is 5.56 Å². The van der Waals surface area contributed by atoms with E-state index in [9.17, 15) is 13.9 Å². The molecule has 0 aliphatic carbocycles. The fourth-order valence-electron chi connectivity index (χ4n) is 2.11. The van der Waals surface area contributed by atoms with E-state index in [1.165, 1.54) is 6.07 Å². The van der Waals surface area contributed by atoms with Crippen molar-refractivity contribution in [1.29, 1.82) is 0 Å². The molecule has 0 aliphatic rings. The lowest BCUT2D eigenvalue weighted by Crippen LogP contribution is -2.03. The van der Waals surface area contributed by atoms with Gasteiger partial charge in [-0.1, -0.05) is 43.7 Å². The summed E-state index contributed by atoms with van der Waals surface area (Å²) in [6, 6.07) is 10.6. The third-order valence-electron chi connectivity index (χ3n) is 3.06. The number of hydrogen-bond donors (Lipinski definition) is 1. The zero-order valence-corrected chi connectivity index (χ0v) is 10.7. The zero-order valence-electron chi connectivity index (χ0n) is 10.7. The van der Waals surface area contributed by atoms with Crippen molar-refractivity contribution in [2.75, 3.05) is 0 Å². The molecule has 2 aromatic carbocycles. The molecule has 100 valence electrons. The first-order valence-electron chi connectivity index (χ1n) is 6.33. The monoisotopic (exact) mass is 262 g/mol. The van der Waals surface area contributed by atoms with Crippen molar-refractivity contribution in [2.24, 2.45) is 0 Å². The van der Waals surface area contributed by atoms with E-state index in [1.54, 1.807) is 6.07 Å². The van der Waals surface area contributed by atoms with Crippen molar-refractivity contribution < 1.29 is 13.9 Å². The lowest BCUT2D eigenvalue weighted by Gasteiger charge is -2.13. The van der Waals surface area contributed by atoms with Crippen LogP contribution in [0.3, 0.4) is 0 Å². The molecule has 1 atom stereocenters. The van der Waals surface area contributed by atoms with Gasteiger partial charge in [0.15, 0.2) is 0 Å². The van der Waals surface area contributed by atoms with Crippen molar-refractivity contribution in [2.45, 2.75) is 25.9 Å². The predicted octanol–water partition coefficient (Wildman–Crippen LogP) is 4.00. The molecule has 1 N–H and O–H groups in total.